The minimum Gasteiger partial charge on any atom is -0.492 e. The molecule has 8 nitrogen and oxygen atoms in total. The molecular formula is C29H32ClF3N4O4S. The SMILES string of the molecule is CCCCN(C(=O)c1ccccc1Cl)c1nnc(-c2ccc(OCCN3CCCCC3CC(=O)O)c(C(F)(F)F)c2)s1. The topological polar surface area (TPSA) is 95.9 Å². The van der Waals surface area contributed by atoms with Crippen molar-refractivity contribution in [2.45, 2.75) is 57.7 Å². The van der Waals surface area contributed by atoms with Crippen LogP contribution in [0.3, 0.4) is 0 Å². The van der Waals surface area contributed by atoms with Gasteiger partial charge in [-0.2, -0.15) is 13.2 Å². The van der Waals surface area contributed by atoms with Crippen LogP contribution < -0.4 is 9.64 Å². The summed E-state index contributed by atoms with van der Waals surface area (Å²) in [5.41, 5.74) is -0.462. The molecule has 1 amide bonds. The van der Waals surface area contributed by atoms with Gasteiger partial charge in [0.1, 0.15) is 17.4 Å². The zero-order valence-electron chi connectivity index (χ0n) is 23.1. The van der Waals surface area contributed by atoms with Crippen LogP contribution in [0.15, 0.2) is 42.5 Å². The number of aliphatic carboxylic acids is 1. The lowest BCUT2D eigenvalue weighted by Gasteiger charge is -2.34. The summed E-state index contributed by atoms with van der Waals surface area (Å²) in [5, 5.41) is 18.2. The van der Waals surface area contributed by atoms with E-state index in [0.29, 0.717) is 31.6 Å². The molecule has 42 heavy (non-hydrogen) atoms. The number of ether oxygens (including phenoxy) is 1. The number of rotatable bonds is 12. The Morgan fingerprint density at radius 1 is 1.19 bits per heavy atom. The number of carboxylic acid groups (broad SMARTS) is 1. The van der Waals surface area contributed by atoms with Crippen LogP contribution in [-0.2, 0) is 11.0 Å². The number of unbranched alkanes of at least 4 members (excludes halogenated alkanes) is 1. The van der Waals surface area contributed by atoms with Gasteiger partial charge in [-0.25, -0.2) is 0 Å². The van der Waals surface area contributed by atoms with Crippen LogP contribution in [0.25, 0.3) is 10.6 Å². The predicted octanol–water partition coefficient (Wildman–Crippen LogP) is 7.03. The van der Waals surface area contributed by atoms with Crippen LogP contribution in [0, 0.1) is 0 Å². The summed E-state index contributed by atoms with van der Waals surface area (Å²) < 4.78 is 47.8. The molecule has 1 unspecified atom stereocenters. The number of carboxylic acids is 1. The number of anilines is 1. The molecule has 0 aliphatic carbocycles. The third kappa shape index (κ3) is 7.99. The number of hydrogen-bond donors (Lipinski definition) is 1. The zero-order chi connectivity index (χ0) is 30.3. The standard InChI is InChI=1S/C29H32ClF3N4O4S/c1-2-3-14-37(27(40)21-9-4-5-10-23(21)30)28-35-34-26(42-28)19-11-12-24(22(17-19)29(31,32)33)41-16-15-36-13-7-6-8-20(36)18-25(38)39/h4-5,9-12,17,20H,2-3,6-8,13-16,18H2,1H3,(H,38,39). The second-order valence-electron chi connectivity index (χ2n) is 10.0. The number of likely N-dealkylation sites (tertiary alicyclic amines) is 1. The van der Waals surface area contributed by atoms with Crippen molar-refractivity contribution in [1.82, 2.24) is 15.1 Å². The first-order chi connectivity index (χ1) is 20.1. The molecule has 1 saturated heterocycles. The third-order valence-electron chi connectivity index (χ3n) is 7.06. The van der Waals surface area contributed by atoms with Crippen molar-refractivity contribution in [3.05, 3.63) is 58.6 Å². The molecule has 3 aromatic rings. The van der Waals surface area contributed by atoms with Gasteiger partial charge in [0.15, 0.2) is 0 Å². The Morgan fingerprint density at radius 2 is 1.98 bits per heavy atom. The molecular weight excluding hydrogens is 593 g/mol. The van der Waals surface area contributed by atoms with Crippen LogP contribution in [0.1, 0.15) is 61.4 Å². The average molecular weight is 625 g/mol. The van der Waals surface area contributed by atoms with E-state index in [0.717, 1.165) is 43.1 Å². The van der Waals surface area contributed by atoms with Crippen molar-refractivity contribution in [1.29, 1.82) is 0 Å². The Labute approximate surface area is 251 Å². The lowest BCUT2D eigenvalue weighted by Crippen LogP contribution is -2.42. The molecule has 2 heterocycles. The Kier molecular flexibility index (Phi) is 10.8. The molecule has 1 atom stereocenters. The Morgan fingerprint density at radius 3 is 2.69 bits per heavy atom. The van der Waals surface area contributed by atoms with E-state index in [1.54, 1.807) is 24.3 Å². The van der Waals surface area contributed by atoms with Crippen LogP contribution in [0.4, 0.5) is 18.3 Å². The fourth-order valence-electron chi connectivity index (χ4n) is 4.89. The highest BCUT2D eigenvalue weighted by Crippen LogP contribution is 2.40. The number of nitrogens with zero attached hydrogens (tertiary/aromatic N) is 4. The van der Waals surface area contributed by atoms with E-state index in [9.17, 15) is 27.9 Å². The molecule has 1 aliphatic heterocycles. The Balaban J connectivity index is 1.53. The molecule has 2 aromatic carbocycles. The number of piperidine rings is 1. The molecule has 0 radical (unpaired) electrons. The summed E-state index contributed by atoms with van der Waals surface area (Å²) in [4.78, 5) is 27.9. The summed E-state index contributed by atoms with van der Waals surface area (Å²) in [6.07, 6.45) is -0.640. The lowest BCUT2D eigenvalue weighted by molar-refractivity contribution is -0.140. The highest BCUT2D eigenvalue weighted by molar-refractivity contribution is 7.18. The molecule has 0 saturated carbocycles. The third-order valence-corrected chi connectivity index (χ3v) is 8.38. The average Bonchev–Trinajstić information content (AvgIpc) is 3.43. The number of carbonyl (C=O) groups is 2. The van der Waals surface area contributed by atoms with Gasteiger partial charge in [0.25, 0.3) is 5.91 Å². The Bertz CT molecular complexity index is 1390. The predicted molar refractivity (Wildman–Crippen MR) is 155 cm³/mol. The van der Waals surface area contributed by atoms with Gasteiger partial charge in [-0.05, 0) is 56.1 Å². The van der Waals surface area contributed by atoms with E-state index in [1.165, 1.54) is 17.0 Å². The summed E-state index contributed by atoms with van der Waals surface area (Å²) in [7, 11) is 0. The largest absolute Gasteiger partial charge is 0.492 e. The van der Waals surface area contributed by atoms with Gasteiger partial charge in [0.05, 0.1) is 22.6 Å². The van der Waals surface area contributed by atoms with E-state index >= 15 is 0 Å². The molecule has 1 fully saturated rings. The number of benzene rings is 2. The summed E-state index contributed by atoms with van der Waals surface area (Å²) >= 11 is 7.26. The van der Waals surface area contributed by atoms with E-state index in [-0.39, 0.29) is 51.5 Å². The van der Waals surface area contributed by atoms with Crippen LogP contribution in [-0.4, -0.2) is 64.4 Å². The highest BCUT2D eigenvalue weighted by atomic mass is 35.5. The number of amides is 1. The van der Waals surface area contributed by atoms with Gasteiger partial charge >= 0.3 is 12.1 Å². The van der Waals surface area contributed by atoms with Crippen molar-refractivity contribution in [3.8, 4) is 16.3 Å². The lowest BCUT2D eigenvalue weighted by atomic mass is 9.99. The Hall–Kier alpha value is -3.22. The molecule has 226 valence electrons. The summed E-state index contributed by atoms with van der Waals surface area (Å²) in [5.74, 6) is -1.58. The van der Waals surface area contributed by atoms with Crippen LogP contribution in [0.5, 0.6) is 5.75 Å². The summed E-state index contributed by atoms with van der Waals surface area (Å²) in [6, 6.07) is 10.2. The second kappa shape index (κ2) is 14.3. The van der Waals surface area contributed by atoms with Crippen molar-refractivity contribution >= 4 is 39.9 Å². The van der Waals surface area contributed by atoms with E-state index in [2.05, 4.69) is 10.2 Å². The fourth-order valence-corrected chi connectivity index (χ4v) is 5.97. The first-order valence-electron chi connectivity index (χ1n) is 13.8. The van der Waals surface area contributed by atoms with Crippen molar-refractivity contribution in [2.75, 3.05) is 31.1 Å². The van der Waals surface area contributed by atoms with E-state index < -0.39 is 17.7 Å². The van der Waals surface area contributed by atoms with Gasteiger partial charge in [0, 0.05) is 24.7 Å². The van der Waals surface area contributed by atoms with Crippen LogP contribution >= 0.6 is 22.9 Å². The van der Waals surface area contributed by atoms with Gasteiger partial charge in [-0.15, -0.1) is 10.2 Å². The first kappa shape index (κ1) is 31.7. The van der Waals surface area contributed by atoms with Crippen molar-refractivity contribution < 1.29 is 32.6 Å². The van der Waals surface area contributed by atoms with Gasteiger partial charge in [-0.3, -0.25) is 19.4 Å². The number of alkyl halides is 3. The maximum Gasteiger partial charge on any atom is 0.419 e. The van der Waals surface area contributed by atoms with Crippen LogP contribution in [0.2, 0.25) is 5.02 Å². The van der Waals surface area contributed by atoms with Crippen molar-refractivity contribution in [2.24, 2.45) is 0 Å². The minimum atomic E-state index is -4.69. The number of halogens is 4. The monoisotopic (exact) mass is 624 g/mol. The van der Waals surface area contributed by atoms with E-state index in [1.807, 2.05) is 11.8 Å². The summed E-state index contributed by atoms with van der Waals surface area (Å²) in [6.45, 7) is 3.31. The maximum atomic E-state index is 14.1. The fraction of sp³-hybridized carbons (Fsp3) is 0.448. The van der Waals surface area contributed by atoms with E-state index in [4.69, 9.17) is 16.3 Å². The van der Waals surface area contributed by atoms with Crippen molar-refractivity contribution in [3.63, 3.8) is 0 Å². The molecule has 0 bridgehead atoms. The number of hydrogen-bond acceptors (Lipinski definition) is 7. The highest BCUT2D eigenvalue weighted by Gasteiger charge is 2.35. The van der Waals surface area contributed by atoms with Gasteiger partial charge in [-0.1, -0.05) is 54.8 Å². The molecule has 4 rings (SSSR count). The van der Waals surface area contributed by atoms with Gasteiger partial charge < -0.3 is 9.84 Å². The quantitative estimate of drug-likeness (QED) is 0.231. The molecule has 0 spiro atoms. The molecule has 1 aromatic heterocycles. The zero-order valence-corrected chi connectivity index (χ0v) is 24.6. The number of aromatic nitrogens is 2. The second-order valence-corrected chi connectivity index (χ2v) is 11.4. The van der Waals surface area contributed by atoms with Gasteiger partial charge in [0.2, 0.25) is 5.13 Å². The first-order valence-corrected chi connectivity index (χ1v) is 15.0. The molecule has 1 aliphatic rings. The normalized spacial score (nSPS) is 15.9. The molecule has 13 heteroatoms. The maximum absolute atomic E-state index is 14.1. The number of carbonyl (C=O) groups excluding carboxylic acids is 1. The smallest absolute Gasteiger partial charge is 0.419 e. The molecule has 1 N–H and O–H groups in total. The minimum absolute atomic E-state index is 0.00774.